The van der Waals surface area contributed by atoms with Crippen LogP contribution in [0.25, 0.3) is 0 Å². The van der Waals surface area contributed by atoms with Crippen molar-refractivity contribution in [2.24, 2.45) is 5.41 Å². The fraction of sp³-hybridized carbons (Fsp3) is 0.615. The summed E-state index contributed by atoms with van der Waals surface area (Å²) in [5.74, 6) is 0.561. The summed E-state index contributed by atoms with van der Waals surface area (Å²) in [7, 11) is 0. The highest BCUT2D eigenvalue weighted by Crippen LogP contribution is 2.28. The van der Waals surface area contributed by atoms with Crippen molar-refractivity contribution in [1.29, 1.82) is 0 Å². The molecular formula is C13H19NO2. The molecule has 3 heteroatoms. The summed E-state index contributed by atoms with van der Waals surface area (Å²) in [6.45, 7) is 7.03. The number of carbonyl (C=O) groups is 1. The lowest BCUT2D eigenvalue weighted by atomic mass is 9.84. The van der Waals surface area contributed by atoms with Gasteiger partial charge < -0.3 is 4.42 Å². The molecule has 0 aliphatic carbocycles. The van der Waals surface area contributed by atoms with E-state index in [1.54, 1.807) is 18.4 Å². The minimum absolute atomic E-state index is 0.0858. The Balaban J connectivity index is 1.92. The van der Waals surface area contributed by atoms with Crippen LogP contribution in [0.2, 0.25) is 0 Å². The van der Waals surface area contributed by atoms with Gasteiger partial charge in [-0.25, -0.2) is 0 Å². The monoisotopic (exact) mass is 221 g/mol. The molecule has 0 saturated carbocycles. The zero-order chi connectivity index (χ0) is 11.6. The second-order valence-electron chi connectivity index (χ2n) is 5.38. The van der Waals surface area contributed by atoms with E-state index in [-0.39, 0.29) is 5.78 Å². The molecule has 0 N–H and O–H groups in total. The van der Waals surface area contributed by atoms with Crippen LogP contribution in [0.4, 0.5) is 0 Å². The Kier molecular flexibility index (Phi) is 3.15. The molecular weight excluding hydrogens is 202 g/mol. The van der Waals surface area contributed by atoms with Crippen molar-refractivity contribution in [2.45, 2.75) is 26.7 Å². The molecule has 2 rings (SSSR count). The van der Waals surface area contributed by atoms with Gasteiger partial charge in [-0.3, -0.25) is 9.69 Å². The van der Waals surface area contributed by atoms with E-state index < -0.39 is 0 Å². The normalized spacial score (nSPS) is 20.9. The summed E-state index contributed by atoms with van der Waals surface area (Å²) in [5, 5.41) is 0. The Bertz CT molecular complexity index is 354. The van der Waals surface area contributed by atoms with Crippen molar-refractivity contribution in [1.82, 2.24) is 4.90 Å². The Morgan fingerprint density at radius 1 is 1.56 bits per heavy atom. The summed E-state index contributed by atoms with van der Waals surface area (Å²) in [5.41, 5.74) is 0.335. The van der Waals surface area contributed by atoms with Gasteiger partial charge in [0, 0.05) is 6.54 Å². The average Bonchev–Trinajstić information content (AvgIpc) is 2.68. The molecule has 0 aromatic carbocycles. The molecule has 1 fully saturated rings. The lowest BCUT2D eigenvalue weighted by Crippen LogP contribution is -2.42. The van der Waals surface area contributed by atoms with Gasteiger partial charge in [-0.15, -0.1) is 0 Å². The van der Waals surface area contributed by atoms with Crippen LogP contribution in [0.15, 0.2) is 22.8 Å². The standard InChI is InChI=1S/C13H19NO2/c1-13(2)6-4-7-14(10-13)9-11(15)12-5-3-8-16-12/h3,5,8H,4,6-7,9-10H2,1-2H3. The van der Waals surface area contributed by atoms with Gasteiger partial charge >= 0.3 is 0 Å². The summed E-state index contributed by atoms with van der Waals surface area (Å²) >= 11 is 0. The first kappa shape index (κ1) is 11.4. The molecule has 0 amide bonds. The molecule has 1 aromatic rings. The maximum atomic E-state index is 11.8. The van der Waals surface area contributed by atoms with Gasteiger partial charge in [-0.2, -0.15) is 0 Å². The first-order valence-corrected chi connectivity index (χ1v) is 5.86. The zero-order valence-electron chi connectivity index (χ0n) is 10.0. The maximum absolute atomic E-state index is 11.8. The van der Waals surface area contributed by atoms with Crippen LogP contribution in [-0.4, -0.2) is 30.3 Å². The summed E-state index contributed by atoms with van der Waals surface area (Å²) < 4.78 is 5.11. The summed E-state index contributed by atoms with van der Waals surface area (Å²) in [6.07, 6.45) is 3.98. The lowest BCUT2D eigenvalue weighted by molar-refractivity contribution is 0.0786. The second-order valence-corrected chi connectivity index (χ2v) is 5.38. The van der Waals surface area contributed by atoms with Crippen LogP contribution in [0, 0.1) is 5.41 Å². The van der Waals surface area contributed by atoms with Crippen LogP contribution in [-0.2, 0) is 0 Å². The minimum Gasteiger partial charge on any atom is -0.461 e. The average molecular weight is 221 g/mol. The van der Waals surface area contributed by atoms with Crippen LogP contribution < -0.4 is 0 Å². The highest BCUT2D eigenvalue weighted by atomic mass is 16.3. The number of carbonyl (C=O) groups excluding carboxylic acids is 1. The van der Waals surface area contributed by atoms with Gasteiger partial charge in [0.1, 0.15) is 0 Å². The highest BCUT2D eigenvalue weighted by Gasteiger charge is 2.27. The van der Waals surface area contributed by atoms with Crippen molar-refractivity contribution in [3.05, 3.63) is 24.2 Å². The predicted molar refractivity (Wildman–Crippen MR) is 62.5 cm³/mol. The summed E-state index contributed by atoms with van der Waals surface area (Å²) in [4.78, 5) is 14.1. The van der Waals surface area contributed by atoms with Crippen molar-refractivity contribution in [2.75, 3.05) is 19.6 Å². The molecule has 3 nitrogen and oxygen atoms in total. The molecule has 0 atom stereocenters. The minimum atomic E-state index is 0.0858. The second kappa shape index (κ2) is 4.42. The first-order chi connectivity index (χ1) is 7.57. The molecule has 16 heavy (non-hydrogen) atoms. The van der Waals surface area contributed by atoms with E-state index in [9.17, 15) is 4.79 Å². The topological polar surface area (TPSA) is 33.5 Å². The number of hydrogen-bond donors (Lipinski definition) is 0. The zero-order valence-corrected chi connectivity index (χ0v) is 10.0. The highest BCUT2D eigenvalue weighted by molar-refractivity contribution is 5.94. The quantitative estimate of drug-likeness (QED) is 0.736. The van der Waals surface area contributed by atoms with E-state index in [1.807, 2.05) is 0 Å². The van der Waals surface area contributed by atoms with E-state index in [2.05, 4.69) is 18.7 Å². The molecule has 1 saturated heterocycles. The fourth-order valence-corrected chi connectivity index (χ4v) is 2.40. The molecule has 1 aliphatic rings. The Morgan fingerprint density at radius 3 is 3.00 bits per heavy atom. The third kappa shape index (κ3) is 2.73. The fourth-order valence-electron chi connectivity index (χ4n) is 2.40. The van der Waals surface area contributed by atoms with E-state index in [0.29, 0.717) is 17.7 Å². The number of nitrogens with zero attached hydrogens (tertiary/aromatic N) is 1. The van der Waals surface area contributed by atoms with E-state index in [4.69, 9.17) is 4.42 Å². The largest absolute Gasteiger partial charge is 0.461 e. The third-order valence-corrected chi connectivity index (χ3v) is 3.14. The maximum Gasteiger partial charge on any atom is 0.211 e. The number of rotatable bonds is 3. The number of piperidine rings is 1. The summed E-state index contributed by atoms with van der Waals surface area (Å²) in [6, 6.07) is 3.49. The van der Waals surface area contributed by atoms with E-state index in [0.717, 1.165) is 13.1 Å². The van der Waals surface area contributed by atoms with Crippen LogP contribution in [0.1, 0.15) is 37.2 Å². The lowest BCUT2D eigenvalue weighted by Gasteiger charge is -2.37. The number of furan rings is 1. The molecule has 0 bridgehead atoms. The van der Waals surface area contributed by atoms with Crippen LogP contribution in [0.5, 0.6) is 0 Å². The SMILES string of the molecule is CC1(C)CCCN(CC(=O)c2ccco2)C1. The van der Waals surface area contributed by atoms with Gasteiger partial charge in [0.25, 0.3) is 0 Å². The number of Topliss-reactive ketones (excluding diaryl/α,β-unsaturated/α-hetero) is 1. The van der Waals surface area contributed by atoms with Crippen molar-refractivity contribution in [3.8, 4) is 0 Å². The van der Waals surface area contributed by atoms with Gasteiger partial charge in [0.2, 0.25) is 5.78 Å². The molecule has 2 heterocycles. The van der Waals surface area contributed by atoms with Gasteiger partial charge in [-0.1, -0.05) is 13.8 Å². The van der Waals surface area contributed by atoms with Crippen molar-refractivity contribution >= 4 is 5.78 Å². The first-order valence-electron chi connectivity index (χ1n) is 5.86. The van der Waals surface area contributed by atoms with E-state index >= 15 is 0 Å². The van der Waals surface area contributed by atoms with Gasteiger partial charge in [0.15, 0.2) is 5.76 Å². The van der Waals surface area contributed by atoms with Crippen LogP contribution in [0.3, 0.4) is 0 Å². The molecule has 0 radical (unpaired) electrons. The third-order valence-electron chi connectivity index (χ3n) is 3.14. The number of likely N-dealkylation sites (tertiary alicyclic amines) is 1. The van der Waals surface area contributed by atoms with Gasteiger partial charge in [-0.05, 0) is 36.9 Å². The number of ketones is 1. The smallest absolute Gasteiger partial charge is 0.211 e. The number of hydrogen-bond acceptors (Lipinski definition) is 3. The Morgan fingerprint density at radius 2 is 2.38 bits per heavy atom. The molecule has 1 aliphatic heterocycles. The van der Waals surface area contributed by atoms with Crippen molar-refractivity contribution < 1.29 is 9.21 Å². The molecule has 0 spiro atoms. The molecule has 0 unspecified atom stereocenters. The Labute approximate surface area is 96.4 Å². The van der Waals surface area contributed by atoms with Crippen molar-refractivity contribution in [3.63, 3.8) is 0 Å². The predicted octanol–water partition coefficient (Wildman–Crippen LogP) is 2.58. The Hall–Kier alpha value is -1.09. The van der Waals surface area contributed by atoms with Crippen LogP contribution >= 0.6 is 0 Å². The molecule has 88 valence electrons. The van der Waals surface area contributed by atoms with Gasteiger partial charge in [0.05, 0.1) is 12.8 Å². The van der Waals surface area contributed by atoms with E-state index in [1.165, 1.54) is 12.8 Å². The molecule has 1 aromatic heterocycles.